The van der Waals surface area contributed by atoms with Crippen molar-refractivity contribution in [2.45, 2.75) is 13.8 Å². The largest absolute Gasteiger partial charge is 0.378 e. The van der Waals surface area contributed by atoms with Crippen molar-refractivity contribution in [1.29, 1.82) is 0 Å². The van der Waals surface area contributed by atoms with E-state index >= 15 is 0 Å². The third-order valence-electron chi connectivity index (χ3n) is 3.06. The molecule has 1 aliphatic rings. The van der Waals surface area contributed by atoms with Gasteiger partial charge in [0.25, 0.3) is 0 Å². The zero-order valence-corrected chi connectivity index (χ0v) is 10.3. The van der Waals surface area contributed by atoms with E-state index in [0.29, 0.717) is 0 Å². The average molecular weight is 218 g/mol. The fourth-order valence-electron chi connectivity index (χ4n) is 1.95. The number of β-lactam (4-membered cyclic amide) rings is 1. The molecule has 0 saturated carbocycles. The van der Waals surface area contributed by atoms with Gasteiger partial charge in [0.2, 0.25) is 5.91 Å². The number of anilines is 2. The van der Waals surface area contributed by atoms with E-state index in [2.05, 4.69) is 0 Å². The van der Waals surface area contributed by atoms with E-state index in [1.165, 1.54) is 0 Å². The highest BCUT2D eigenvalue weighted by atomic mass is 16.2. The molecule has 3 nitrogen and oxygen atoms in total. The van der Waals surface area contributed by atoms with Crippen molar-refractivity contribution in [3.63, 3.8) is 0 Å². The quantitative estimate of drug-likeness (QED) is 0.710. The summed E-state index contributed by atoms with van der Waals surface area (Å²) >= 11 is 0. The number of rotatable bonds is 2. The molecule has 0 unspecified atom stereocenters. The molecule has 1 aromatic carbocycles. The van der Waals surface area contributed by atoms with Gasteiger partial charge in [0.1, 0.15) is 0 Å². The zero-order valence-electron chi connectivity index (χ0n) is 10.3. The van der Waals surface area contributed by atoms with Crippen molar-refractivity contribution >= 4 is 17.3 Å². The molecule has 1 heterocycles. The Morgan fingerprint density at radius 1 is 1.19 bits per heavy atom. The van der Waals surface area contributed by atoms with Gasteiger partial charge in [-0.05, 0) is 38.1 Å². The number of carbonyl (C=O) groups is 1. The van der Waals surface area contributed by atoms with E-state index in [1.807, 2.05) is 62.0 Å². The van der Waals surface area contributed by atoms with E-state index in [-0.39, 0.29) is 11.3 Å². The molecular weight excluding hydrogens is 200 g/mol. The van der Waals surface area contributed by atoms with Crippen LogP contribution in [0, 0.1) is 5.41 Å². The van der Waals surface area contributed by atoms with Gasteiger partial charge in [-0.1, -0.05) is 0 Å². The molecule has 86 valence electrons. The molecular formula is C13H18N2O. The van der Waals surface area contributed by atoms with Gasteiger partial charge in [0, 0.05) is 32.0 Å². The van der Waals surface area contributed by atoms with Crippen molar-refractivity contribution in [1.82, 2.24) is 0 Å². The van der Waals surface area contributed by atoms with Gasteiger partial charge in [0.05, 0.1) is 5.41 Å². The Hall–Kier alpha value is -1.51. The summed E-state index contributed by atoms with van der Waals surface area (Å²) in [4.78, 5) is 15.7. The highest BCUT2D eigenvalue weighted by molar-refractivity contribution is 6.03. The minimum absolute atomic E-state index is 0.180. The van der Waals surface area contributed by atoms with E-state index in [4.69, 9.17) is 0 Å². The summed E-state index contributed by atoms with van der Waals surface area (Å²) in [6.07, 6.45) is 0. The Morgan fingerprint density at radius 2 is 1.75 bits per heavy atom. The van der Waals surface area contributed by atoms with Gasteiger partial charge in [-0.2, -0.15) is 0 Å². The molecule has 2 rings (SSSR count). The Kier molecular flexibility index (Phi) is 2.41. The lowest BCUT2D eigenvalue weighted by molar-refractivity contribution is -0.132. The first-order valence-electron chi connectivity index (χ1n) is 5.51. The number of hydrogen-bond acceptors (Lipinski definition) is 2. The molecule has 16 heavy (non-hydrogen) atoms. The van der Waals surface area contributed by atoms with Gasteiger partial charge >= 0.3 is 0 Å². The van der Waals surface area contributed by atoms with Crippen LogP contribution in [0.1, 0.15) is 13.8 Å². The third kappa shape index (κ3) is 1.66. The van der Waals surface area contributed by atoms with Crippen LogP contribution in [0.15, 0.2) is 24.3 Å². The fourth-order valence-corrected chi connectivity index (χ4v) is 1.95. The van der Waals surface area contributed by atoms with E-state index in [9.17, 15) is 4.79 Å². The van der Waals surface area contributed by atoms with Gasteiger partial charge in [-0.3, -0.25) is 4.79 Å². The van der Waals surface area contributed by atoms with Crippen LogP contribution in [-0.4, -0.2) is 26.5 Å². The molecule has 0 spiro atoms. The predicted octanol–water partition coefficient (Wildman–Crippen LogP) is 2.13. The van der Waals surface area contributed by atoms with Gasteiger partial charge in [0.15, 0.2) is 0 Å². The van der Waals surface area contributed by atoms with Crippen LogP contribution < -0.4 is 9.80 Å². The SMILES string of the molecule is CN(C)c1ccc(N2CC(C)(C)C2=O)cc1. The zero-order chi connectivity index (χ0) is 11.9. The Bertz CT molecular complexity index is 406. The van der Waals surface area contributed by atoms with E-state index in [0.717, 1.165) is 17.9 Å². The van der Waals surface area contributed by atoms with Crippen LogP contribution in [0.4, 0.5) is 11.4 Å². The predicted molar refractivity (Wildman–Crippen MR) is 66.9 cm³/mol. The standard InChI is InChI=1S/C13H18N2O/c1-13(2)9-15(12(13)16)11-7-5-10(6-8-11)14(3)4/h5-8H,9H2,1-4H3. The lowest BCUT2D eigenvalue weighted by Gasteiger charge is -2.44. The van der Waals surface area contributed by atoms with Gasteiger partial charge in [-0.15, -0.1) is 0 Å². The maximum absolute atomic E-state index is 11.8. The molecule has 0 N–H and O–H groups in total. The highest BCUT2D eigenvalue weighted by Crippen LogP contribution is 2.35. The van der Waals surface area contributed by atoms with Gasteiger partial charge < -0.3 is 9.80 Å². The fraction of sp³-hybridized carbons (Fsp3) is 0.462. The van der Waals surface area contributed by atoms with Crippen molar-refractivity contribution in [3.8, 4) is 0 Å². The van der Waals surface area contributed by atoms with Gasteiger partial charge in [-0.25, -0.2) is 0 Å². The maximum Gasteiger partial charge on any atom is 0.234 e. The number of hydrogen-bond donors (Lipinski definition) is 0. The molecule has 1 fully saturated rings. The number of amides is 1. The summed E-state index contributed by atoms with van der Waals surface area (Å²) in [6.45, 7) is 4.78. The van der Waals surface area contributed by atoms with Crippen molar-refractivity contribution < 1.29 is 4.79 Å². The molecule has 3 heteroatoms. The minimum Gasteiger partial charge on any atom is -0.378 e. The summed E-state index contributed by atoms with van der Waals surface area (Å²) in [7, 11) is 4.01. The summed E-state index contributed by atoms with van der Waals surface area (Å²) in [5, 5.41) is 0. The Balaban J connectivity index is 2.16. The molecule has 1 amide bonds. The first-order chi connectivity index (χ1) is 7.42. The molecule has 0 bridgehead atoms. The molecule has 1 aliphatic heterocycles. The van der Waals surface area contributed by atoms with Crippen molar-refractivity contribution in [2.75, 3.05) is 30.4 Å². The third-order valence-corrected chi connectivity index (χ3v) is 3.06. The highest BCUT2D eigenvalue weighted by Gasteiger charge is 2.44. The van der Waals surface area contributed by atoms with E-state index < -0.39 is 0 Å². The number of benzene rings is 1. The lowest BCUT2D eigenvalue weighted by Crippen LogP contribution is -2.58. The minimum atomic E-state index is -0.180. The van der Waals surface area contributed by atoms with Crippen LogP contribution in [0.5, 0.6) is 0 Å². The molecule has 0 radical (unpaired) electrons. The summed E-state index contributed by atoms with van der Waals surface area (Å²) in [6, 6.07) is 8.08. The second kappa shape index (κ2) is 3.51. The van der Waals surface area contributed by atoms with Crippen LogP contribution in [0.25, 0.3) is 0 Å². The second-order valence-corrected chi connectivity index (χ2v) is 5.19. The Morgan fingerprint density at radius 3 is 2.12 bits per heavy atom. The number of nitrogens with zero attached hydrogens (tertiary/aromatic N) is 2. The average Bonchev–Trinajstić information content (AvgIpc) is 2.26. The molecule has 0 aromatic heterocycles. The number of carbonyl (C=O) groups excluding carboxylic acids is 1. The molecule has 1 saturated heterocycles. The van der Waals surface area contributed by atoms with E-state index in [1.54, 1.807) is 0 Å². The maximum atomic E-state index is 11.8. The lowest BCUT2D eigenvalue weighted by atomic mass is 9.83. The summed E-state index contributed by atoms with van der Waals surface area (Å²) in [5.74, 6) is 0.213. The molecule has 1 aromatic rings. The second-order valence-electron chi connectivity index (χ2n) is 5.19. The van der Waals surface area contributed by atoms with Crippen LogP contribution in [0.3, 0.4) is 0 Å². The van der Waals surface area contributed by atoms with Crippen LogP contribution >= 0.6 is 0 Å². The van der Waals surface area contributed by atoms with Crippen LogP contribution in [0.2, 0.25) is 0 Å². The first kappa shape index (κ1) is 11.0. The summed E-state index contributed by atoms with van der Waals surface area (Å²) in [5.41, 5.74) is 1.96. The topological polar surface area (TPSA) is 23.6 Å². The smallest absolute Gasteiger partial charge is 0.234 e. The van der Waals surface area contributed by atoms with Crippen molar-refractivity contribution in [3.05, 3.63) is 24.3 Å². The molecule has 0 aliphatic carbocycles. The normalized spacial score (nSPS) is 18.2. The monoisotopic (exact) mass is 218 g/mol. The summed E-state index contributed by atoms with van der Waals surface area (Å²) < 4.78 is 0. The Labute approximate surface area is 96.7 Å². The van der Waals surface area contributed by atoms with Crippen LogP contribution in [-0.2, 0) is 4.79 Å². The van der Waals surface area contributed by atoms with Crippen molar-refractivity contribution in [2.24, 2.45) is 5.41 Å². The first-order valence-corrected chi connectivity index (χ1v) is 5.51. The molecule has 0 atom stereocenters.